The van der Waals surface area contributed by atoms with Gasteiger partial charge >= 0.3 is 0 Å². The third-order valence-corrected chi connectivity index (χ3v) is 9.83. The van der Waals surface area contributed by atoms with E-state index >= 15 is 0 Å². The normalized spacial score (nSPS) is 28.2. The summed E-state index contributed by atoms with van der Waals surface area (Å²) in [6, 6.07) is 1.89. The molecule has 0 bridgehead atoms. The number of phenols is 1. The van der Waals surface area contributed by atoms with Crippen molar-refractivity contribution in [3.05, 3.63) is 39.7 Å². The standard InChI is InChI=1S/C28H37N3O7S/c1-31(2)18-9-15(12-30-11-13-3-5-39-6-4-13)23(33)21-17(18)8-14-7-16-10-19(32)22(27(29)37)26(36)28(16,38)25(35)20(14)24(21)34/h9,13-14,16,27,30,33-34,36-38H,3-8,10-12,29H2,1-2H3/t14-,16+,27?,28+/m1/s1. The van der Waals surface area contributed by atoms with Gasteiger partial charge in [-0.15, -0.1) is 0 Å². The molecule has 10 nitrogen and oxygen atoms in total. The summed E-state index contributed by atoms with van der Waals surface area (Å²) in [7, 11) is 3.74. The number of aliphatic hydroxyl groups excluding tert-OH is 3. The van der Waals surface area contributed by atoms with Crippen LogP contribution < -0.4 is 16.0 Å². The average molecular weight is 560 g/mol. The van der Waals surface area contributed by atoms with E-state index in [0.717, 1.165) is 36.6 Å². The van der Waals surface area contributed by atoms with Crippen molar-refractivity contribution in [2.45, 2.75) is 50.5 Å². The Morgan fingerprint density at radius 2 is 1.87 bits per heavy atom. The number of hydrogen-bond acceptors (Lipinski definition) is 11. The van der Waals surface area contributed by atoms with Crippen LogP contribution in [-0.4, -0.2) is 81.1 Å². The number of benzene rings is 1. The molecule has 0 amide bonds. The van der Waals surface area contributed by atoms with Gasteiger partial charge in [0.05, 0.1) is 11.1 Å². The first-order valence-corrected chi connectivity index (χ1v) is 14.6. The summed E-state index contributed by atoms with van der Waals surface area (Å²) in [5.41, 5.74) is 4.44. The molecule has 39 heavy (non-hydrogen) atoms. The van der Waals surface area contributed by atoms with Gasteiger partial charge in [0.2, 0.25) is 5.78 Å². The van der Waals surface area contributed by atoms with Crippen molar-refractivity contribution in [2.75, 3.05) is 37.0 Å². The third-order valence-electron chi connectivity index (χ3n) is 8.78. The lowest BCUT2D eigenvalue weighted by atomic mass is 9.59. The lowest BCUT2D eigenvalue weighted by molar-refractivity contribution is -0.147. The number of nitrogens with one attached hydrogen (secondary N) is 1. The highest BCUT2D eigenvalue weighted by Gasteiger charge is 2.60. The lowest BCUT2D eigenvalue weighted by Gasteiger charge is -2.46. The molecule has 3 aliphatic carbocycles. The van der Waals surface area contributed by atoms with Crippen LogP contribution in [-0.2, 0) is 22.6 Å². The molecule has 0 aromatic heterocycles. The van der Waals surface area contributed by atoms with Crippen LogP contribution in [0.4, 0.5) is 5.69 Å². The number of Topliss-reactive ketones (excluding diaryl/α,β-unsaturated/α-hetero) is 2. The minimum Gasteiger partial charge on any atom is -0.508 e. The second kappa shape index (κ2) is 10.4. The number of nitrogens with zero attached hydrogens (tertiary/aromatic N) is 1. The van der Waals surface area contributed by atoms with Crippen LogP contribution in [0.15, 0.2) is 23.0 Å². The number of aromatic hydroxyl groups is 1. The maximum atomic E-state index is 13.8. The van der Waals surface area contributed by atoms with E-state index in [1.165, 1.54) is 0 Å². The number of fused-ring (bicyclic) bond motifs is 3. The molecule has 0 spiro atoms. The summed E-state index contributed by atoms with van der Waals surface area (Å²) >= 11 is 1.96. The summed E-state index contributed by atoms with van der Waals surface area (Å²) in [4.78, 5) is 28.3. The Morgan fingerprint density at radius 1 is 1.18 bits per heavy atom. The predicted octanol–water partition coefficient (Wildman–Crippen LogP) is 1.51. The van der Waals surface area contributed by atoms with E-state index < -0.39 is 52.3 Å². The fourth-order valence-corrected chi connectivity index (χ4v) is 7.90. The van der Waals surface area contributed by atoms with Crippen LogP contribution in [0.25, 0.3) is 5.76 Å². The first-order valence-electron chi connectivity index (χ1n) is 13.4. The van der Waals surface area contributed by atoms with Gasteiger partial charge in [0.25, 0.3) is 0 Å². The van der Waals surface area contributed by atoms with E-state index in [1.54, 1.807) is 0 Å². The molecular formula is C28H37N3O7S. The quantitative estimate of drug-likeness (QED) is 0.252. The molecule has 212 valence electrons. The molecule has 4 aliphatic rings. The van der Waals surface area contributed by atoms with Crippen LogP contribution in [0.1, 0.15) is 42.4 Å². The second-order valence-electron chi connectivity index (χ2n) is 11.4. The van der Waals surface area contributed by atoms with Gasteiger partial charge in [0.1, 0.15) is 23.5 Å². The van der Waals surface area contributed by atoms with Gasteiger partial charge in [-0.1, -0.05) is 0 Å². The maximum absolute atomic E-state index is 13.8. The van der Waals surface area contributed by atoms with E-state index in [9.17, 15) is 35.1 Å². The van der Waals surface area contributed by atoms with Crippen LogP contribution in [0.3, 0.4) is 0 Å². The minimum atomic E-state index is -2.50. The van der Waals surface area contributed by atoms with Crippen molar-refractivity contribution in [2.24, 2.45) is 23.5 Å². The zero-order chi connectivity index (χ0) is 28.2. The van der Waals surface area contributed by atoms with E-state index in [0.29, 0.717) is 30.0 Å². The van der Waals surface area contributed by atoms with Crippen LogP contribution in [0, 0.1) is 17.8 Å². The van der Waals surface area contributed by atoms with Crippen LogP contribution in [0.2, 0.25) is 0 Å². The fourth-order valence-electron chi connectivity index (χ4n) is 6.69. The average Bonchev–Trinajstić information content (AvgIpc) is 2.87. The summed E-state index contributed by atoms with van der Waals surface area (Å²) in [5.74, 6) is -1.73. The van der Waals surface area contributed by atoms with E-state index in [-0.39, 0.29) is 29.7 Å². The number of carbonyl (C=O) groups excluding carboxylic acids is 2. The van der Waals surface area contributed by atoms with Crippen molar-refractivity contribution in [1.82, 2.24) is 5.32 Å². The molecule has 1 saturated heterocycles. The number of thioether (sulfide) groups is 1. The van der Waals surface area contributed by atoms with Gasteiger partial charge < -0.3 is 41.5 Å². The van der Waals surface area contributed by atoms with Gasteiger partial charge in [-0.2, -0.15) is 11.8 Å². The van der Waals surface area contributed by atoms with Crippen molar-refractivity contribution >= 4 is 34.8 Å². The van der Waals surface area contributed by atoms with E-state index in [4.69, 9.17) is 5.73 Å². The van der Waals surface area contributed by atoms with Crippen molar-refractivity contribution in [3.63, 3.8) is 0 Å². The molecule has 1 aromatic carbocycles. The van der Waals surface area contributed by atoms with Crippen molar-refractivity contribution < 1.29 is 35.1 Å². The zero-order valence-electron chi connectivity index (χ0n) is 22.2. The van der Waals surface area contributed by atoms with Gasteiger partial charge in [-0.25, -0.2) is 0 Å². The number of nitrogens with two attached hydrogens (primary N) is 1. The topological polar surface area (TPSA) is 177 Å². The van der Waals surface area contributed by atoms with Gasteiger partial charge in [0.15, 0.2) is 11.4 Å². The Hall–Kier alpha value is -2.57. The zero-order valence-corrected chi connectivity index (χ0v) is 23.1. The first-order chi connectivity index (χ1) is 18.5. The van der Waals surface area contributed by atoms with Gasteiger partial charge in [0, 0.05) is 49.8 Å². The molecule has 1 aliphatic heterocycles. The maximum Gasteiger partial charge on any atom is 0.202 e. The number of rotatable bonds is 6. The van der Waals surface area contributed by atoms with Crippen LogP contribution in [0.5, 0.6) is 5.75 Å². The predicted molar refractivity (Wildman–Crippen MR) is 148 cm³/mol. The molecule has 1 saturated carbocycles. The number of phenolic OH excluding ortho intramolecular Hbond substituents is 1. The van der Waals surface area contributed by atoms with Gasteiger partial charge in [-0.05, 0) is 67.2 Å². The molecule has 1 heterocycles. The number of aliphatic hydroxyl groups is 4. The van der Waals surface area contributed by atoms with E-state index in [1.807, 2.05) is 36.8 Å². The Labute approximate surface area is 231 Å². The summed E-state index contributed by atoms with van der Waals surface area (Å²) in [6.07, 6.45) is 0.591. The summed E-state index contributed by atoms with van der Waals surface area (Å²) in [5, 5.41) is 58.4. The lowest BCUT2D eigenvalue weighted by Crippen LogP contribution is -2.58. The SMILES string of the molecule is CN(C)c1cc(CNCC2CCSCC2)c(O)c2c1C[C@H]1C[C@H]3CC(=O)C(C(N)O)=C(O)[C@@]3(O)C(=O)C1=C2O. The molecule has 0 radical (unpaired) electrons. The Bertz CT molecular complexity index is 1270. The first kappa shape index (κ1) is 28.0. The van der Waals surface area contributed by atoms with Crippen LogP contribution >= 0.6 is 11.8 Å². The highest BCUT2D eigenvalue weighted by molar-refractivity contribution is 7.99. The monoisotopic (exact) mass is 559 g/mol. The minimum absolute atomic E-state index is 0.0992. The number of anilines is 1. The number of ketones is 2. The Balaban J connectivity index is 1.55. The molecule has 1 aromatic rings. The molecule has 8 N–H and O–H groups in total. The second-order valence-corrected chi connectivity index (χ2v) is 12.6. The smallest absolute Gasteiger partial charge is 0.202 e. The molecule has 5 rings (SSSR count). The largest absolute Gasteiger partial charge is 0.508 e. The van der Waals surface area contributed by atoms with Gasteiger partial charge in [-0.3, -0.25) is 9.59 Å². The highest BCUT2D eigenvalue weighted by Crippen LogP contribution is 2.53. The fraction of sp³-hybridized carbons (Fsp3) is 0.571. The third kappa shape index (κ3) is 4.54. The molecule has 11 heteroatoms. The molecule has 1 unspecified atom stereocenters. The van der Waals surface area contributed by atoms with Crippen molar-refractivity contribution in [1.29, 1.82) is 0 Å². The van der Waals surface area contributed by atoms with E-state index in [2.05, 4.69) is 5.32 Å². The number of carbonyl (C=O) groups is 2. The highest BCUT2D eigenvalue weighted by atomic mass is 32.2. The Morgan fingerprint density at radius 3 is 2.51 bits per heavy atom. The number of hydrogen-bond donors (Lipinski definition) is 7. The molecule has 4 atom stereocenters. The summed E-state index contributed by atoms with van der Waals surface area (Å²) in [6.45, 7) is 1.19. The Kier molecular flexibility index (Phi) is 7.49. The molecule has 2 fully saturated rings. The molecular weight excluding hydrogens is 522 g/mol. The van der Waals surface area contributed by atoms with Crippen molar-refractivity contribution in [3.8, 4) is 5.75 Å². The summed E-state index contributed by atoms with van der Waals surface area (Å²) < 4.78 is 0.